The molecule has 0 aliphatic carbocycles. The summed E-state index contributed by atoms with van der Waals surface area (Å²) in [6.45, 7) is 9.98. The highest BCUT2D eigenvalue weighted by molar-refractivity contribution is 7.70. The summed E-state index contributed by atoms with van der Waals surface area (Å²) in [6.07, 6.45) is 0. The molecule has 0 aliphatic heterocycles. The van der Waals surface area contributed by atoms with Crippen LogP contribution in [0, 0.1) is 0 Å². The van der Waals surface area contributed by atoms with Crippen molar-refractivity contribution in [3.8, 4) is 5.75 Å². The van der Waals surface area contributed by atoms with Crippen LogP contribution >= 0.6 is 7.14 Å². The van der Waals surface area contributed by atoms with Gasteiger partial charge < -0.3 is 9.30 Å². The Morgan fingerprint density at radius 1 is 1.19 bits per heavy atom. The minimum Gasteiger partial charge on any atom is -0.496 e. The van der Waals surface area contributed by atoms with Crippen LogP contribution in [0.3, 0.4) is 0 Å². The molecule has 0 bridgehead atoms. The molecule has 0 N–H and O–H groups in total. The molecule has 0 heterocycles. The Morgan fingerprint density at radius 3 is 2.12 bits per heavy atom. The van der Waals surface area contributed by atoms with Gasteiger partial charge in [-0.25, -0.2) is 0 Å². The molecule has 0 unspecified atom stereocenters. The molecule has 0 amide bonds. The summed E-state index contributed by atoms with van der Waals surface area (Å²) in [5.41, 5.74) is 1.18. The van der Waals surface area contributed by atoms with E-state index in [9.17, 15) is 4.57 Å². The molecule has 1 rings (SSSR count). The second-order valence-corrected chi connectivity index (χ2v) is 8.70. The van der Waals surface area contributed by atoms with Crippen molar-refractivity contribution in [2.24, 2.45) is 0 Å². The SMILES string of the molecule is COc1cc(P(C)(C)=O)ccc1C(C)(C)C. The summed E-state index contributed by atoms with van der Waals surface area (Å²) in [4.78, 5) is 0. The number of methoxy groups -OCH3 is 1. The van der Waals surface area contributed by atoms with Gasteiger partial charge >= 0.3 is 0 Å². The molecule has 3 heteroatoms. The Labute approximate surface area is 98.4 Å². The van der Waals surface area contributed by atoms with E-state index in [2.05, 4.69) is 20.8 Å². The third-order valence-corrected chi connectivity index (χ3v) is 4.14. The van der Waals surface area contributed by atoms with Crippen molar-refractivity contribution in [1.82, 2.24) is 0 Å². The van der Waals surface area contributed by atoms with Crippen LogP contribution in [0.4, 0.5) is 0 Å². The zero-order valence-corrected chi connectivity index (χ0v) is 11.9. The Bertz CT molecular complexity index is 424. The first-order valence-corrected chi connectivity index (χ1v) is 8.00. The summed E-state index contributed by atoms with van der Waals surface area (Å²) in [5, 5.41) is 0.873. The van der Waals surface area contributed by atoms with Crippen LogP contribution in [-0.2, 0) is 9.98 Å². The van der Waals surface area contributed by atoms with E-state index in [4.69, 9.17) is 4.74 Å². The van der Waals surface area contributed by atoms with Crippen LogP contribution in [0.25, 0.3) is 0 Å². The molecule has 16 heavy (non-hydrogen) atoms. The summed E-state index contributed by atoms with van der Waals surface area (Å²) < 4.78 is 17.4. The van der Waals surface area contributed by atoms with Gasteiger partial charge in [-0.05, 0) is 30.4 Å². The van der Waals surface area contributed by atoms with Gasteiger partial charge in [0.2, 0.25) is 0 Å². The van der Waals surface area contributed by atoms with Crippen molar-refractivity contribution >= 4 is 12.4 Å². The van der Waals surface area contributed by atoms with Gasteiger partial charge in [0.1, 0.15) is 12.9 Å². The Hall–Kier alpha value is -0.750. The van der Waals surface area contributed by atoms with Crippen molar-refractivity contribution in [2.75, 3.05) is 20.4 Å². The summed E-state index contributed by atoms with van der Waals surface area (Å²) >= 11 is 0. The van der Waals surface area contributed by atoms with Gasteiger partial charge in [0.25, 0.3) is 0 Å². The van der Waals surface area contributed by atoms with Gasteiger partial charge in [0.15, 0.2) is 0 Å². The molecule has 0 radical (unpaired) electrons. The Kier molecular flexibility index (Phi) is 3.54. The number of hydrogen-bond donors (Lipinski definition) is 0. The quantitative estimate of drug-likeness (QED) is 0.742. The van der Waals surface area contributed by atoms with Gasteiger partial charge in [-0.15, -0.1) is 0 Å². The molecule has 0 saturated heterocycles. The third-order valence-electron chi connectivity index (χ3n) is 2.61. The maximum atomic E-state index is 12.0. The minimum atomic E-state index is -2.21. The van der Waals surface area contributed by atoms with E-state index in [1.54, 1.807) is 20.4 Å². The number of rotatable bonds is 2. The van der Waals surface area contributed by atoms with Gasteiger partial charge in [0.05, 0.1) is 7.11 Å². The molecule has 2 nitrogen and oxygen atoms in total. The number of hydrogen-bond acceptors (Lipinski definition) is 2. The topological polar surface area (TPSA) is 26.3 Å². The molecule has 90 valence electrons. The highest BCUT2D eigenvalue weighted by Crippen LogP contribution is 2.38. The van der Waals surface area contributed by atoms with Crippen molar-refractivity contribution in [3.05, 3.63) is 23.8 Å². The fourth-order valence-corrected chi connectivity index (χ4v) is 2.50. The predicted octanol–water partition coefficient (Wildman–Crippen LogP) is 3.24. The predicted molar refractivity (Wildman–Crippen MR) is 70.8 cm³/mol. The summed E-state index contributed by atoms with van der Waals surface area (Å²) in [6, 6.07) is 5.87. The molecule has 0 aliphatic rings. The van der Waals surface area contributed by atoms with Crippen LogP contribution in [-0.4, -0.2) is 20.4 Å². The molecule has 1 aromatic rings. The summed E-state index contributed by atoms with van der Waals surface area (Å²) in [5.74, 6) is 0.828. The first-order valence-electron chi connectivity index (χ1n) is 5.40. The van der Waals surface area contributed by atoms with Gasteiger partial charge in [0, 0.05) is 5.30 Å². The lowest BCUT2D eigenvalue weighted by Crippen LogP contribution is -2.15. The molecule has 0 fully saturated rings. The number of ether oxygens (including phenoxy) is 1. The largest absolute Gasteiger partial charge is 0.496 e. The van der Waals surface area contributed by atoms with Gasteiger partial charge in [-0.3, -0.25) is 0 Å². The van der Waals surface area contributed by atoms with Gasteiger partial charge in [-0.2, -0.15) is 0 Å². The lowest BCUT2D eigenvalue weighted by Gasteiger charge is -2.23. The lowest BCUT2D eigenvalue weighted by atomic mass is 9.86. The van der Waals surface area contributed by atoms with Crippen molar-refractivity contribution < 1.29 is 9.30 Å². The van der Waals surface area contributed by atoms with E-state index in [-0.39, 0.29) is 5.41 Å². The van der Waals surface area contributed by atoms with Crippen LogP contribution in [0.1, 0.15) is 26.3 Å². The molecule has 0 spiro atoms. The normalized spacial score (nSPS) is 12.6. The fourth-order valence-electron chi connectivity index (χ4n) is 1.63. The van der Waals surface area contributed by atoms with E-state index in [1.807, 2.05) is 18.2 Å². The molecular weight excluding hydrogens is 219 g/mol. The first kappa shape index (κ1) is 13.3. The van der Waals surface area contributed by atoms with E-state index >= 15 is 0 Å². The smallest absolute Gasteiger partial charge is 0.123 e. The maximum Gasteiger partial charge on any atom is 0.123 e. The fraction of sp³-hybridized carbons (Fsp3) is 0.538. The third kappa shape index (κ3) is 2.89. The Morgan fingerprint density at radius 2 is 1.75 bits per heavy atom. The monoisotopic (exact) mass is 240 g/mol. The average Bonchev–Trinajstić information content (AvgIpc) is 2.14. The summed E-state index contributed by atoms with van der Waals surface area (Å²) in [7, 11) is -0.553. The van der Waals surface area contributed by atoms with Crippen LogP contribution in [0.5, 0.6) is 5.75 Å². The van der Waals surface area contributed by atoms with Gasteiger partial charge in [-0.1, -0.05) is 32.9 Å². The maximum absolute atomic E-state index is 12.0. The van der Waals surface area contributed by atoms with Crippen LogP contribution in [0.2, 0.25) is 0 Å². The second kappa shape index (κ2) is 4.25. The zero-order valence-electron chi connectivity index (χ0n) is 11.0. The van der Waals surface area contributed by atoms with E-state index in [1.165, 1.54) is 0 Å². The first-order chi connectivity index (χ1) is 7.16. The van der Waals surface area contributed by atoms with E-state index < -0.39 is 7.14 Å². The molecular formula is C13H21O2P. The van der Waals surface area contributed by atoms with E-state index in [0.29, 0.717) is 0 Å². The minimum absolute atomic E-state index is 0.0370. The highest BCUT2D eigenvalue weighted by Gasteiger charge is 2.21. The lowest BCUT2D eigenvalue weighted by molar-refractivity contribution is 0.398. The van der Waals surface area contributed by atoms with Crippen molar-refractivity contribution in [3.63, 3.8) is 0 Å². The molecule has 1 aromatic carbocycles. The van der Waals surface area contributed by atoms with E-state index in [0.717, 1.165) is 16.6 Å². The molecule has 0 aromatic heterocycles. The molecule has 0 saturated carbocycles. The molecule has 0 atom stereocenters. The standard InChI is InChI=1S/C13H21O2P/c1-13(2,3)11-8-7-10(16(5,6)14)9-12(11)15-4/h7-9H,1-6H3. The van der Waals surface area contributed by atoms with Crippen molar-refractivity contribution in [2.45, 2.75) is 26.2 Å². The van der Waals surface area contributed by atoms with Crippen LogP contribution in [0.15, 0.2) is 18.2 Å². The van der Waals surface area contributed by atoms with Crippen molar-refractivity contribution in [1.29, 1.82) is 0 Å². The zero-order chi connectivity index (χ0) is 12.6. The highest BCUT2D eigenvalue weighted by atomic mass is 31.2. The Balaban J connectivity index is 3.34. The average molecular weight is 240 g/mol. The van der Waals surface area contributed by atoms with Crippen LogP contribution < -0.4 is 10.0 Å². The number of benzene rings is 1. The second-order valence-electron chi connectivity index (χ2n) is 5.49.